The van der Waals surface area contributed by atoms with Crippen LogP contribution in [0.4, 0.5) is 0 Å². The summed E-state index contributed by atoms with van der Waals surface area (Å²) in [5.74, 6) is 0. The van der Waals surface area contributed by atoms with Gasteiger partial charge in [0.25, 0.3) is 0 Å². The molecule has 0 unspecified atom stereocenters. The van der Waals surface area contributed by atoms with Gasteiger partial charge in [-0.25, -0.2) is 0 Å². The van der Waals surface area contributed by atoms with Crippen molar-refractivity contribution >= 4 is 97.2 Å². The molecule has 0 aliphatic rings. The van der Waals surface area contributed by atoms with Crippen molar-refractivity contribution in [3.8, 4) is 5.69 Å². The number of para-hydroxylation sites is 1. The fourth-order valence-corrected chi connectivity index (χ4v) is 8.64. The molecule has 0 saturated heterocycles. The fraction of sp³-hybridized carbons (Fsp3) is 0. The molecule has 10 aromatic carbocycles. The van der Waals surface area contributed by atoms with Gasteiger partial charge in [0.1, 0.15) is 0 Å². The second kappa shape index (κ2) is 9.19. The number of hydrogen-bond acceptors (Lipinski definition) is 0. The summed E-state index contributed by atoms with van der Waals surface area (Å²) in [6.45, 7) is 0. The van der Waals surface area contributed by atoms with Crippen LogP contribution in [0.3, 0.4) is 0 Å². The Bertz CT molecular complexity index is 3090. The van der Waals surface area contributed by atoms with Crippen molar-refractivity contribution < 1.29 is 0 Å². The summed E-state index contributed by atoms with van der Waals surface area (Å²) >= 11 is 0. The van der Waals surface area contributed by atoms with Crippen molar-refractivity contribution in [1.29, 1.82) is 0 Å². The minimum absolute atomic E-state index is 1.18. The quantitative estimate of drug-likeness (QED) is 0.167. The van der Waals surface area contributed by atoms with Gasteiger partial charge >= 0.3 is 0 Å². The molecule has 0 N–H and O–H groups in total. The van der Waals surface area contributed by atoms with E-state index in [4.69, 9.17) is 0 Å². The van der Waals surface area contributed by atoms with Crippen molar-refractivity contribution in [2.24, 2.45) is 0 Å². The first-order valence-corrected chi connectivity index (χ1v) is 16.4. The lowest BCUT2D eigenvalue weighted by Gasteiger charge is -2.17. The highest BCUT2D eigenvalue weighted by Gasteiger charge is 2.22. The highest BCUT2D eigenvalue weighted by molar-refractivity contribution is 6.42. The zero-order chi connectivity index (χ0) is 30.6. The highest BCUT2D eigenvalue weighted by Crippen LogP contribution is 2.48. The number of hydrogen-bond donors (Lipinski definition) is 0. The molecule has 0 amide bonds. The Hall–Kier alpha value is -6.18. The van der Waals surface area contributed by atoms with Gasteiger partial charge in [0.15, 0.2) is 0 Å². The third-order valence-corrected chi connectivity index (χ3v) is 10.5. The van der Waals surface area contributed by atoms with Gasteiger partial charge < -0.3 is 4.57 Å². The van der Waals surface area contributed by atoms with Crippen LogP contribution in [0.5, 0.6) is 0 Å². The molecule has 0 atom stereocenters. The molecule has 1 heteroatoms. The summed E-state index contributed by atoms with van der Waals surface area (Å²) in [6, 6.07) is 60.7. The van der Waals surface area contributed by atoms with Crippen LogP contribution < -0.4 is 0 Å². The average Bonchev–Trinajstić information content (AvgIpc) is 3.50. The Kier molecular flexibility index (Phi) is 4.90. The zero-order valence-electron chi connectivity index (χ0n) is 25.5. The predicted octanol–water partition coefficient (Wildman–Crippen LogP) is 12.9. The highest BCUT2D eigenvalue weighted by atomic mass is 15.0. The van der Waals surface area contributed by atoms with Crippen LogP contribution >= 0.6 is 0 Å². The van der Waals surface area contributed by atoms with Crippen molar-refractivity contribution in [2.45, 2.75) is 0 Å². The van der Waals surface area contributed by atoms with Crippen molar-refractivity contribution in [3.05, 3.63) is 164 Å². The van der Waals surface area contributed by atoms with Crippen LogP contribution in [-0.4, -0.2) is 4.57 Å². The van der Waals surface area contributed by atoms with E-state index in [1.165, 1.54) is 103 Å². The van der Waals surface area contributed by atoms with Gasteiger partial charge in [-0.1, -0.05) is 146 Å². The molecule has 1 heterocycles. The Balaban J connectivity index is 1.40. The maximum absolute atomic E-state index is 2.53. The van der Waals surface area contributed by atoms with Crippen LogP contribution in [0.15, 0.2) is 164 Å². The smallest absolute Gasteiger partial charge is 0.0626 e. The molecule has 0 aliphatic carbocycles. The summed E-state index contributed by atoms with van der Waals surface area (Å²) in [5.41, 5.74) is 3.67. The van der Waals surface area contributed by atoms with Gasteiger partial charge in [0.05, 0.1) is 11.0 Å². The van der Waals surface area contributed by atoms with Crippen LogP contribution in [0.2, 0.25) is 0 Å². The molecule has 0 aliphatic heterocycles. The molecular formula is C46H27N. The molecule has 11 aromatic rings. The van der Waals surface area contributed by atoms with E-state index in [-0.39, 0.29) is 0 Å². The lowest BCUT2D eigenvalue weighted by molar-refractivity contribution is 1.19. The van der Waals surface area contributed by atoms with E-state index in [1.807, 2.05) is 0 Å². The molecule has 0 radical (unpaired) electrons. The molecule has 0 bridgehead atoms. The minimum atomic E-state index is 1.18. The Morgan fingerprint density at radius 2 is 0.638 bits per heavy atom. The molecule has 47 heavy (non-hydrogen) atoms. The van der Waals surface area contributed by atoms with Crippen molar-refractivity contribution in [1.82, 2.24) is 4.57 Å². The lowest BCUT2D eigenvalue weighted by Crippen LogP contribution is -1.96. The summed E-state index contributed by atoms with van der Waals surface area (Å²) in [5, 5.41) is 20.8. The number of benzene rings is 10. The SMILES string of the molecule is c1ccc2c(c1)c1ccccc1c1cc(-n3c4ccccc4c4c5c6ccccc6c6ccccc6c5c5ccccc5c43)ccc21. The van der Waals surface area contributed by atoms with Crippen LogP contribution in [0, 0.1) is 0 Å². The van der Waals surface area contributed by atoms with E-state index in [0.717, 1.165) is 0 Å². The number of nitrogens with zero attached hydrogens (tertiary/aromatic N) is 1. The van der Waals surface area contributed by atoms with E-state index in [9.17, 15) is 0 Å². The maximum atomic E-state index is 2.53. The molecule has 11 rings (SSSR count). The molecule has 0 spiro atoms. The summed E-state index contributed by atoms with van der Waals surface area (Å²) in [7, 11) is 0. The third kappa shape index (κ3) is 3.23. The summed E-state index contributed by atoms with van der Waals surface area (Å²) < 4.78 is 2.53. The Morgan fingerprint density at radius 3 is 1.21 bits per heavy atom. The average molecular weight is 594 g/mol. The van der Waals surface area contributed by atoms with E-state index >= 15 is 0 Å². The minimum Gasteiger partial charge on any atom is -0.309 e. The topological polar surface area (TPSA) is 4.93 Å². The maximum Gasteiger partial charge on any atom is 0.0626 e. The van der Waals surface area contributed by atoms with E-state index in [0.29, 0.717) is 0 Å². The van der Waals surface area contributed by atoms with Gasteiger partial charge in [0, 0.05) is 27.2 Å². The Morgan fingerprint density at radius 1 is 0.255 bits per heavy atom. The van der Waals surface area contributed by atoms with Gasteiger partial charge in [-0.05, 0) is 82.8 Å². The van der Waals surface area contributed by atoms with Crippen LogP contribution in [0.25, 0.3) is 103 Å². The predicted molar refractivity (Wildman–Crippen MR) is 203 cm³/mol. The van der Waals surface area contributed by atoms with E-state index < -0.39 is 0 Å². The van der Waals surface area contributed by atoms with Gasteiger partial charge in [0.2, 0.25) is 0 Å². The number of fused-ring (bicyclic) bond motifs is 19. The standard InChI is InChI=1S/C46H27N/c1-2-15-31-29(13-1)30-14-3-4-18-34(30)41-27-28(25-26-35(31)41)47-42-24-12-11-23-40(42)45-44-37-20-8-6-17-33(37)32-16-5-7-19-36(32)43(44)38-21-9-10-22-39(38)46(45)47/h1-27H. The van der Waals surface area contributed by atoms with Crippen molar-refractivity contribution in [3.63, 3.8) is 0 Å². The Labute approximate surface area is 270 Å². The van der Waals surface area contributed by atoms with Gasteiger partial charge in [-0.3, -0.25) is 0 Å². The first kappa shape index (κ1) is 25.1. The number of rotatable bonds is 1. The summed E-state index contributed by atoms with van der Waals surface area (Å²) in [4.78, 5) is 0. The first-order valence-electron chi connectivity index (χ1n) is 16.4. The molecular weight excluding hydrogens is 567 g/mol. The molecule has 1 nitrogen and oxygen atoms in total. The molecule has 216 valence electrons. The molecule has 0 fully saturated rings. The first-order chi connectivity index (χ1) is 23.4. The van der Waals surface area contributed by atoms with E-state index in [1.54, 1.807) is 0 Å². The zero-order valence-corrected chi connectivity index (χ0v) is 25.5. The van der Waals surface area contributed by atoms with Crippen LogP contribution in [-0.2, 0) is 0 Å². The molecule has 1 aromatic heterocycles. The van der Waals surface area contributed by atoms with E-state index in [2.05, 4.69) is 168 Å². The third-order valence-electron chi connectivity index (χ3n) is 10.5. The van der Waals surface area contributed by atoms with Crippen LogP contribution in [0.1, 0.15) is 0 Å². The second-order valence-electron chi connectivity index (χ2n) is 12.8. The lowest BCUT2D eigenvalue weighted by atomic mass is 9.88. The molecule has 0 saturated carbocycles. The fourth-order valence-electron chi connectivity index (χ4n) is 8.64. The van der Waals surface area contributed by atoms with Gasteiger partial charge in [-0.2, -0.15) is 0 Å². The van der Waals surface area contributed by atoms with Gasteiger partial charge in [-0.15, -0.1) is 0 Å². The normalized spacial score (nSPS) is 12.3. The largest absolute Gasteiger partial charge is 0.309 e. The number of aromatic nitrogens is 1. The van der Waals surface area contributed by atoms with Crippen molar-refractivity contribution in [2.75, 3.05) is 0 Å². The summed E-state index contributed by atoms with van der Waals surface area (Å²) in [6.07, 6.45) is 0. The monoisotopic (exact) mass is 593 g/mol. The second-order valence-corrected chi connectivity index (χ2v) is 12.8.